The third kappa shape index (κ3) is 4.85. The van der Waals surface area contributed by atoms with Gasteiger partial charge in [-0.2, -0.15) is 0 Å². The molecular formula is C21H27NO2. The predicted molar refractivity (Wildman–Crippen MR) is 98.2 cm³/mol. The monoisotopic (exact) mass is 325 g/mol. The molecule has 1 amide bonds. The number of rotatable bonds is 7. The first-order valence-corrected chi connectivity index (χ1v) is 8.63. The van der Waals surface area contributed by atoms with Crippen LogP contribution in [0.1, 0.15) is 49.4 Å². The maximum Gasteiger partial charge on any atom is 0.261 e. The van der Waals surface area contributed by atoms with Crippen LogP contribution in [-0.2, 0) is 4.79 Å². The highest BCUT2D eigenvalue weighted by Crippen LogP contribution is 2.19. The molecule has 0 heterocycles. The molecule has 0 aliphatic rings. The van der Waals surface area contributed by atoms with Crippen molar-refractivity contribution in [3.63, 3.8) is 0 Å². The van der Waals surface area contributed by atoms with Crippen LogP contribution in [-0.4, -0.2) is 12.0 Å². The van der Waals surface area contributed by atoms with Crippen molar-refractivity contribution < 1.29 is 9.53 Å². The van der Waals surface area contributed by atoms with Gasteiger partial charge in [0.05, 0.1) is 6.04 Å². The van der Waals surface area contributed by atoms with Gasteiger partial charge in [0.15, 0.2) is 6.10 Å². The smallest absolute Gasteiger partial charge is 0.261 e. The lowest BCUT2D eigenvalue weighted by Crippen LogP contribution is -2.39. The van der Waals surface area contributed by atoms with Gasteiger partial charge >= 0.3 is 0 Å². The molecule has 1 N–H and O–H groups in total. The molecule has 0 aliphatic heterocycles. The number of hydrogen-bond donors (Lipinski definition) is 1. The summed E-state index contributed by atoms with van der Waals surface area (Å²) in [7, 11) is 0. The largest absolute Gasteiger partial charge is 0.481 e. The van der Waals surface area contributed by atoms with Crippen molar-refractivity contribution in [2.24, 2.45) is 0 Å². The molecule has 3 nitrogen and oxygen atoms in total. The third-order valence-electron chi connectivity index (χ3n) is 4.17. The van der Waals surface area contributed by atoms with Crippen molar-refractivity contribution in [1.82, 2.24) is 5.32 Å². The summed E-state index contributed by atoms with van der Waals surface area (Å²) < 4.78 is 5.87. The third-order valence-corrected chi connectivity index (χ3v) is 4.17. The summed E-state index contributed by atoms with van der Waals surface area (Å²) in [6.45, 7) is 8.13. The number of benzene rings is 2. The zero-order valence-electron chi connectivity index (χ0n) is 15.0. The van der Waals surface area contributed by atoms with E-state index in [2.05, 4.69) is 43.4 Å². The molecule has 0 unspecified atom stereocenters. The Morgan fingerprint density at radius 1 is 0.917 bits per heavy atom. The van der Waals surface area contributed by atoms with Crippen LogP contribution in [0.3, 0.4) is 0 Å². The summed E-state index contributed by atoms with van der Waals surface area (Å²) in [5.41, 5.74) is 3.51. The highest BCUT2D eigenvalue weighted by Gasteiger charge is 2.21. The summed E-state index contributed by atoms with van der Waals surface area (Å²) in [5, 5.41) is 3.12. The molecule has 24 heavy (non-hydrogen) atoms. The molecule has 0 bridgehead atoms. The van der Waals surface area contributed by atoms with Crippen LogP contribution in [0.4, 0.5) is 0 Å². The summed E-state index contributed by atoms with van der Waals surface area (Å²) in [6, 6.07) is 16.1. The average molecular weight is 325 g/mol. The fourth-order valence-corrected chi connectivity index (χ4v) is 2.59. The molecule has 0 radical (unpaired) electrons. The van der Waals surface area contributed by atoms with Crippen LogP contribution in [0.2, 0.25) is 0 Å². The van der Waals surface area contributed by atoms with Gasteiger partial charge in [0, 0.05) is 0 Å². The van der Waals surface area contributed by atoms with Gasteiger partial charge in [-0.3, -0.25) is 4.79 Å². The molecule has 2 aromatic carbocycles. The maximum atomic E-state index is 12.6. The summed E-state index contributed by atoms with van der Waals surface area (Å²) >= 11 is 0. The first kappa shape index (κ1) is 18.1. The van der Waals surface area contributed by atoms with E-state index in [-0.39, 0.29) is 11.9 Å². The highest BCUT2D eigenvalue weighted by molar-refractivity contribution is 5.81. The lowest BCUT2D eigenvalue weighted by atomic mass is 10.0. The number of aryl methyl sites for hydroxylation is 2. The van der Waals surface area contributed by atoms with Crippen LogP contribution in [0.25, 0.3) is 0 Å². The molecule has 2 atom stereocenters. The van der Waals surface area contributed by atoms with Crippen LogP contribution in [0.15, 0.2) is 48.5 Å². The van der Waals surface area contributed by atoms with Crippen LogP contribution < -0.4 is 10.1 Å². The predicted octanol–water partition coefficient (Wildman–Crippen LogP) is 4.73. The fourth-order valence-electron chi connectivity index (χ4n) is 2.59. The van der Waals surface area contributed by atoms with Crippen molar-refractivity contribution >= 4 is 5.91 Å². The Morgan fingerprint density at radius 3 is 1.96 bits per heavy atom. The normalized spacial score (nSPS) is 13.2. The Balaban J connectivity index is 2.04. The first-order valence-electron chi connectivity index (χ1n) is 8.63. The number of hydrogen-bond acceptors (Lipinski definition) is 2. The van der Waals surface area contributed by atoms with Crippen LogP contribution in [0, 0.1) is 13.8 Å². The van der Waals surface area contributed by atoms with E-state index in [0.29, 0.717) is 6.42 Å². The molecular weight excluding hydrogens is 298 g/mol. The minimum Gasteiger partial charge on any atom is -0.481 e. The maximum absolute atomic E-state index is 12.6. The second-order valence-corrected chi connectivity index (χ2v) is 6.21. The second kappa shape index (κ2) is 8.53. The van der Waals surface area contributed by atoms with E-state index in [1.165, 1.54) is 11.1 Å². The number of carbonyl (C=O) groups excluding carboxylic acids is 1. The van der Waals surface area contributed by atoms with Gasteiger partial charge in [0.25, 0.3) is 5.91 Å². The summed E-state index contributed by atoms with van der Waals surface area (Å²) in [4.78, 5) is 12.6. The van der Waals surface area contributed by atoms with Crippen molar-refractivity contribution in [2.45, 2.75) is 52.7 Å². The van der Waals surface area contributed by atoms with Gasteiger partial charge in [0.1, 0.15) is 5.75 Å². The van der Waals surface area contributed by atoms with Crippen molar-refractivity contribution in [2.75, 3.05) is 0 Å². The van der Waals surface area contributed by atoms with Crippen LogP contribution >= 0.6 is 0 Å². The molecule has 0 aliphatic carbocycles. The van der Waals surface area contributed by atoms with E-state index in [1.54, 1.807) is 0 Å². The molecule has 3 heteroatoms. The Kier molecular flexibility index (Phi) is 6.42. The zero-order chi connectivity index (χ0) is 17.5. The van der Waals surface area contributed by atoms with Gasteiger partial charge < -0.3 is 10.1 Å². The lowest BCUT2D eigenvalue weighted by Gasteiger charge is -2.22. The first-order chi connectivity index (χ1) is 11.5. The minimum atomic E-state index is -0.479. The number of ether oxygens (including phenoxy) is 1. The molecule has 0 saturated carbocycles. The zero-order valence-corrected chi connectivity index (χ0v) is 15.0. The molecule has 128 valence electrons. The molecule has 2 aromatic rings. The minimum absolute atomic E-state index is 0.00812. The van der Waals surface area contributed by atoms with Gasteiger partial charge in [-0.25, -0.2) is 0 Å². The Labute approximate surface area is 145 Å². The van der Waals surface area contributed by atoms with Crippen molar-refractivity contribution in [1.29, 1.82) is 0 Å². The van der Waals surface area contributed by atoms with Gasteiger partial charge in [-0.15, -0.1) is 0 Å². The molecule has 0 aromatic heterocycles. The van der Waals surface area contributed by atoms with E-state index in [1.807, 2.05) is 38.1 Å². The van der Waals surface area contributed by atoms with E-state index < -0.39 is 6.10 Å². The Bertz CT molecular complexity index is 647. The van der Waals surface area contributed by atoms with E-state index in [4.69, 9.17) is 4.74 Å². The van der Waals surface area contributed by atoms with Crippen molar-refractivity contribution in [3.05, 3.63) is 65.2 Å². The van der Waals surface area contributed by atoms with Gasteiger partial charge in [-0.1, -0.05) is 61.4 Å². The Hall–Kier alpha value is -2.29. The summed E-state index contributed by atoms with van der Waals surface area (Å²) in [6.07, 6.45) is 0.993. The topological polar surface area (TPSA) is 38.3 Å². The van der Waals surface area contributed by atoms with Gasteiger partial charge in [0.2, 0.25) is 0 Å². The van der Waals surface area contributed by atoms with E-state index in [9.17, 15) is 4.79 Å². The molecule has 0 fully saturated rings. The summed E-state index contributed by atoms with van der Waals surface area (Å²) in [5.74, 6) is 0.663. The number of nitrogens with one attached hydrogen (secondary N) is 1. The quantitative estimate of drug-likeness (QED) is 0.799. The van der Waals surface area contributed by atoms with Crippen molar-refractivity contribution in [3.8, 4) is 5.75 Å². The van der Waals surface area contributed by atoms with Gasteiger partial charge in [-0.05, 0) is 44.4 Å². The number of carbonyl (C=O) groups is 1. The standard InChI is InChI=1S/C21H27NO2/c1-5-19(17-11-7-15(3)8-12-17)22-21(23)20(6-2)24-18-13-9-16(4)10-14-18/h7-14,19-20H,5-6H2,1-4H3,(H,22,23)/t19-,20-/m0/s1. The second-order valence-electron chi connectivity index (χ2n) is 6.21. The highest BCUT2D eigenvalue weighted by atomic mass is 16.5. The molecule has 0 spiro atoms. The Morgan fingerprint density at radius 2 is 1.46 bits per heavy atom. The SMILES string of the molecule is CC[C@H](Oc1ccc(C)cc1)C(=O)N[C@@H](CC)c1ccc(C)cc1. The fraction of sp³-hybridized carbons (Fsp3) is 0.381. The number of amides is 1. The molecule has 0 saturated heterocycles. The molecule has 2 rings (SSSR count). The lowest BCUT2D eigenvalue weighted by molar-refractivity contribution is -0.128. The van der Waals surface area contributed by atoms with Crippen LogP contribution in [0.5, 0.6) is 5.75 Å². The average Bonchev–Trinajstić information content (AvgIpc) is 2.59. The van der Waals surface area contributed by atoms with E-state index in [0.717, 1.165) is 17.7 Å². The van der Waals surface area contributed by atoms with E-state index >= 15 is 0 Å².